The van der Waals surface area contributed by atoms with E-state index in [1.807, 2.05) is 38.2 Å². The molecule has 1 saturated carbocycles. The van der Waals surface area contributed by atoms with Crippen LogP contribution in [-0.2, 0) is 17.8 Å². The Kier molecular flexibility index (Phi) is 7.51. The van der Waals surface area contributed by atoms with Crippen molar-refractivity contribution in [1.29, 1.82) is 0 Å². The molecule has 1 aliphatic carbocycles. The normalized spacial score (nSPS) is 18.9. The number of fused-ring (bicyclic) bond motifs is 3. The van der Waals surface area contributed by atoms with Crippen molar-refractivity contribution in [2.24, 2.45) is 0 Å². The van der Waals surface area contributed by atoms with E-state index in [0.29, 0.717) is 30.3 Å². The molecule has 1 aliphatic heterocycles. The molecular weight excluding hydrogens is 480 g/mol. The van der Waals surface area contributed by atoms with E-state index in [2.05, 4.69) is 23.1 Å². The Morgan fingerprint density at radius 3 is 2.79 bits per heavy atom. The smallest absolute Gasteiger partial charge is 0.409 e. The highest BCUT2D eigenvalue weighted by atomic mass is 16.6. The second-order valence-corrected chi connectivity index (χ2v) is 10.4. The summed E-state index contributed by atoms with van der Waals surface area (Å²) in [6.45, 7) is 3.43. The summed E-state index contributed by atoms with van der Waals surface area (Å²) in [6.07, 6.45) is 9.07. The topological polar surface area (TPSA) is 87.9 Å². The molecule has 0 spiro atoms. The van der Waals surface area contributed by atoms with Crippen LogP contribution in [0.3, 0.4) is 0 Å². The van der Waals surface area contributed by atoms with Crippen molar-refractivity contribution in [2.75, 3.05) is 32.1 Å². The van der Waals surface area contributed by atoms with E-state index in [0.717, 1.165) is 53.7 Å². The zero-order valence-electron chi connectivity index (χ0n) is 22.4. The van der Waals surface area contributed by atoms with Gasteiger partial charge in [-0.05, 0) is 48.9 Å². The first-order chi connectivity index (χ1) is 18.4. The maximum Gasteiger partial charge on any atom is 0.409 e. The lowest BCUT2D eigenvalue weighted by Crippen LogP contribution is -2.35. The summed E-state index contributed by atoms with van der Waals surface area (Å²) in [5.41, 5.74) is 5.64. The summed E-state index contributed by atoms with van der Waals surface area (Å²) >= 11 is 0. The van der Waals surface area contributed by atoms with Gasteiger partial charge < -0.3 is 19.6 Å². The monoisotopic (exact) mass is 516 g/mol. The number of aliphatic hydroxyl groups excluding tert-OH is 1. The SMILES string of the molecule is CCN(C)C(=O)OCc1cccc(Cc2cc3c(=O)n([C@H]4CCCC[C@@H]4O)cnc3c3c2C=CCN3C)c1. The molecule has 38 heavy (non-hydrogen) atoms. The minimum absolute atomic E-state index is 0.103. The van der Waals surface area contributed by atoms with Crippen molar-refractivity contribution in [1.82, 2.24) is 14.5 Å². The molecule has 1 fully saturated rings. The van der Waals surface area contributed by atoms with Crippen molar-refractivity contribution in [3.8, 4) is 0 Å². The van der Waals surface area contributed by atoms with Gasteiger partial charge in [-0.2, -0.15) is 0 Å². The first-order valence-corrected chi connectivity index (χ1v) is 13.5. The Labute approximate surface area is 223 Å². The van der Waals surface area contributed by atoms with Crippen LogP contribution >= 0.6 is 0 Å². The number of aromatic nitrogens is 2. The summed E-state index contributed by atoms with van der Waals surface area (Å²) in [6, 6.07) is 9.75. The standard InChI is InChI=1S/C30H36N4O4/c1-4-32(2)30(37)38-18-21-10-7-9-20(15-21)16-22-17-24-27(28-23(22)11-8-14-33(28)3)31-19-34(29(24)36)25-12-5-6-13-26(25)35/h7-11,15,17,19,25-26,35H,4-6,12-14,16,18H2,1-3H3/t25-,26-/m0/s1. The third-order valence-corrected chi connectivity index (χ3v) is 7.81. The number of nitrogens with zero attached hydrogens (tertiary/aromatic N) is 4. The van der Waals surface area contributed by atoms with Crippen LogP contribution in [0.1, 0.15) is 60.9 Å². The number of hydrogen-bond acceptors (Lipinski definition) is 6. The highest BCUT2D eigenvalue weighted by molar-refractivity contribution is 5.97. The second kappa shape index (κ2) is 11.0. The number of amides is 1. The molecule has 2 aliphatic rings. The van der Waals surface area contributed by atoms with Crippen molar-refractivity contribution in [2.45, 2.75) is 57.8 Å². The molecule has 0 saturated heterocycles. The quantitative estimate of drug-likeness (QED) is 0.519. The maximum atomic E-state index is 13.8. The average Bonchev–Trinajstić information content (AvgIpc) is 2.93. The number of rotatable bonds is 6. The Hall–Kier alpha value is -3.65. The molecular formula is C30H36N4O4. The highest BCUT2D eigenvalue weighted by Crippen LogP contribution is 2.36. The van der Waals surface area contributed by atoms with Gasteiger partial charge in [0, 0.05) is 32.7 Å². The molecule has 8 nitrogen and oxygen atoms in total. The van der Waals surface area contributed by atoms with Gasteiger partial charge in [0.05, 0.1) is 29.5 Å². The van der Waals surface area contributed by atoms with Gasteiger partial charge in [-0.1, -0.05) is 49.3 Å². The third kappa shape index (κ3) is 5.05. The van der Waals surface area contributed by atoms with E-state index in [1.165, 1.54) is 4.90 Å². The number of hydrogen-bond donors (Lipinski definition) is 1. The zero-order chi connectivity index (χ0) is 26.8. The van der Waals surface area contributed by atoms with Gasteiger partial charge in [0.1, 0.15) is 12.1 Å². The van der Waals surface area contributed by atoms with Crippen LogP contribution in [0.2, 0.25) is 0 Å². The third-order valence-electron chi connectivity index (χ3n) is 7.81. The fourth-order valence-electron chi connectivity index (χ4n) is 5.56. The van der Waals surface area contributed by atoms with Crippen LogP contribution < -0.4 is 10.5 Å². The minimum Gasteiger partial charge on any atom is -0.445 e. The zero-order valence-corrected chi connectivity index (χ0v) is 22.4. The number of anilines is 1. The summed E-state index contributed by atoms with van der Waals surface area (Å²) in [5, 5.41) is 11.2. The molecule has 8 heteroatoms. The van der Waals surface area contributed by atoms with Crippen LogP contribution in [0.25, 0.3) is 17.0 Å². The second-order valence-electron chi connectivity index (χ2n) is 10.4. The van der Waals surface area contributed by atoms with E-state index in [-0.39, 0.29) is 24.3 Å². The fraction of sp³-hybridized carbons (Fsp3) is 0.433. The number of aliphatic hydroxyl groups is 1. The molecule has 1 aromatic heterocycles. The largest absolute Gasteiger partial charge is 0.445 e. The lowest BCUT2D eigenvalue weighted by molar-refractivity contribution is 0.0735. The number of benzene rings is 2. The highest BCUT2D eigenvalue weighted by Gasteiger charge is 2.27. The summed E-state index contributed by atoms with van der Waals surface area (Å²) in [4.78, 5) is 34.3. The van der Waals surface area contributed by atoms with E-state index >= 15 is 0 Å². The van der Waals surface area contributed by atoms with E-state index in [9.17, 15) is 14.7 Å². The van der Waals surface area contributed by atoms with Crippen LogP contribution in [0.5, 0.6) is 0 Å². The molecule has 2 aromatic carbocycles. The summed E-state index contributed by atoms with van der Waals surface area (Å²) in [7, 11) is 3.73. The molecule has 1 amide bonds. The average molecular weight is 517 g/mol. The Balaban J connectivity index is 1.52. The van der Waals surface area contributed by atoms with Gasteiger partial charge in [-0.15, -0.1) is 0 Å². The first-order valence-electron chi connectivity index (χ1n) is 13.5. The molecule has 3 aromatic rings. The molecule has 200 valence electrons. The summed E-state index contributed by atoms with van der Waals surface area (Å²) < 4.78 is 7.08. The molecule has 2 atom stereocenters. The number of likely N-dealkylation sites (N-methyl/N-ethyl adjacent to an activating group) is 1. The Bertz CT molecular complexity index is 1430. The van der Waals surface area contributed by atoms with Gasteiger partial charge in [0.15, 0.2) is 0 Å². The molecule has 5 rings (SSSR count). The van der Waals surface area contributed by atoms with Crippen molar-refractivity contribution < 1.29 is 14.6 Å². The van der Waals surface area contributed by atoms with Gasteiger partial charge in [0.2, 0.25) is 0 Å². The van der Waals surface area contributed by atoms with Crippen LogP contribution in [0.15, 0.2) is 47.5 Å². The first kappa shape index (κ1) is 26.0. The Morgan fingerprint density at radius 1 is 1.21 bits per heavy atom. The molecule has 0 radical (unpaired) electrons. The molecule has 2 heterocycles. The molecule has 0 unspecified atom stereocenters. The molecule has 1 N–H and O–H groups in total. The van der Waals surface area contributed by atoms with Gasteiger partial charge >= 0.3 is 6.09 Å². The lowest BCUT2D eigenvalue weighted by atomic mass is 9.91. The minimum atomic E-state index is -0.530. The maximum absolute atomic E-state index is 13.8. The number of ether oxygens (including phenoxy) is 1. The van der Waals surface area contributed by atoms with Crippen LogP contribution in [-0.4, -0.2) is 58.9 Å². The lowest BCUT2D eigenvalue weighted by Gasteiger charge is -2.30. The number of carbonyl (C=O) groups excluding carboxylic acids is 1. The molecule has 0 bridgehead atoms. The van der Waals surface area contributed by atoms with Crippen LogP contribution in [0.4, 0.5) is 10.5 Å². The van der Waals surface area contributed by atoms with Gasteiger partial charge in [-0.3, -0.25) is 9.36 Å². The van der Waals surface area contributed by atoms with Gasteiger partial charge in [-0.25, -0.2) is 9.78 Å². The number of carbonyl (C=O) groups is 1. The van der Waals surface area contributed by atoms with Crippen molar-refractivity contribution >= 4 is 28.8 Å². The predicted octanol–water partition coefficient (Wildman–Crippen LogP) is 4.51. The van der Waals surface area contributed by atoms with Gasteiger partial charge in [0.25, 0.3) is 5.56 Å². The van der Waals surface area contributed by atoms with E-state index in [1.54, 1.807) is 17.9 Å². The fourth-order valence-corrected chi connectivity index (χ4v) is 5.56. The van der Waals surface area contributed by atoms with Crippen molar-refractivity contribution in [3.05, 3.63) is 75.3 Å². The predicted molar refractivity (Wildman–Crippen MR) is 150 cm³/mol. The van der Waals surface area contributed by atoms with E-state index in [4.69, 9.17) is 9.72 Å². The Morgan fingerprint density at radius 2 is 2.00 bits per heavy atom. The van der Waals surface area contributed by atoms with Crippen molar-refractivity contribution in [3.63, 3.8) is 0 Å². The summed E-state index contributed by atoms with van der Waals surface area (Å²) in [5.74, 6) is 0. The van der Waals surface area contributed by atoms with E-state index < -0.39 is 6.10 Å². The van der Waals surface area contributed by atoms with Crippen LogP contribution in [0, 0.1) is 0 Å².